The Morgan fingerprint density at radius 2 is 2.54 bits per heavy atom. The number of carboxylic acids is 1. The molecule has 0 radical (unpaired) electrons. The van der Waals surface area contributed by atoms with E-state index >= 15 is 0 Å². The molecule has 0 aromatic carbocycles. The van der Waals surface area contributed by atoms with Crippen molar-refractivity contribution >= 4 is 5.97 Å². The van der Waals surface area contributed by atoms with Gasteiger partial charge in [-0.25, -0.2) is 4.79 Å². The van der Waals surface area contributed by atoms with Gasteiger partial charge in [0, 0.05) is 12.1 Å². The molecule has 1 heterocycles. The average molecular weight is 178 g/mol. The summed E-state index contributed by atoms with van der Waals surface area (Å²) < 4.78 is 1.60. The largest absolute Gasteiger partial charge is 0.478 e. The first kappa shape index (κ1) is 9.33. The summed E-state index contributed by atoms with van der Waals surface area (Å²) >= 11 is 0. The first-order chi connectivity index (χ1) is 6.16. The van der Waals surface area contributed by atoms with Gasteiger partial charge in [0.1, 0.15) is 5.56 Å². The molecule has 0 bridgehead atoms. The zero-order valence-electron chi connectivity index (χ0n) is 7.32. The number of hydrogen-bond donors (Lipinski definition) is 1. The summed E-state index contributed by atoms with van der Waals surface area (Å²) in [5.74, 6) is 1.52. The van der Waals surface area contributed by atoms with Crippen LogP contribution in [0.2, 0.25) is 0 Å². The van der Waals surface area contributed by atoms with Gasteiger partial charge < -0.3 is 5.11 Å². The van der Waals surface area contributed by atoms with Crippen LogP contribution >= 0.6 is 0 Å². The van der Waals surface area contributed by atoms with E-state index in [9.17, 15) is 4.79 Å². The second-order valence-corrected chi connectivity index (χ2v) is 2.63. The van der Waals surface area contributed by atoms with E-state index in [1.54, 1.807) is 11.6 Å². The van der Waals surface area contributed by atoms with Crippen LogP contribution < -0.4 is 0 Å². The van der Waals surface area contributed by atoms with Gasteiger partial charge in [-0.1, -0.05) is 0 Å². The van der Waals surface area contributed by atoms with Crippen molar-refractivity contribution < 1.29 is 9.90 Å². The Labute approximate surface area is 76.2 Å². The fraction of sp³-hybridized carbons (Fsp3) is 0.333. The number of hydrogen-bond acceptors (Lipinski definition) is 2. The minimum Gasteiger partial charge on any atom is -0.478 e. The standard InChI is InChI=1S/C9H10N2O2/c1-3-4-5-11-7(2)8(6-10-11)9(12)13/h1,6H,4-5H2,2H3,(H,12,13). The van der Waals surface area contributed by atoms with Crippen molar-refractivity contribution in [1.82, 2.24) is 9.78 Å². The van der Waals surface area contributed by atoms with Crippen LogP contribution in [-0.2, 0) is 6.54 Å². The van der Waals surface area contributed by atoms with E-state index in [-0.39, 0.29) is 5.56 Å². The number of terminal acetylenes is 1. The molecule has 68 valence electrons. The number of carbonyl (C=O) groups is 1. The third-order valence-electron chi connectivity index (χ3n) is 1.80. The second kappa shape index (κ2) is 3.76. The molecule has 0 fully saturated rings. The number of aromatic nitrogens is 2. The molecular formula is C9H10N2O2. The maximum absolute atomic E-state index is 10.6. The molecule has 0 unspecified atom stereocenters. The van der Waals surface area contributed by atoms with Gasteiger partial charge in [0.05, 0.1) is 12.7 Å². The Bertz CT molecular complexity index is 360. The molecule has 0 amide bonds. The van der Waals surface area contributed by atoms with Crippen molar-refractivity contribution in [2.75, 3.05) is 0 Å². The van der Waals surface area contributed by atoms with Gasteiger partial charge in [0.15, 0.2) is 0 Å². The molecule has 0 spiro atoms. The summed E-state index contributed by atoms with van der Waals surface area (Å²) in [4.78, 5) is 10.6. The second-order valence-electron chi connectivity index (χ2n) is 2.63. The smallest absolute Gasteiger partial charge is 0.339 e. The van der Waals surface area contributed by atoms with Gasteiger partial charge in [0.25, 0.3) is 0 Å². The highest BCUT2D eigenvalue weighted by Gasteiger charge is 2.11. The SMILES string of the molecule is C#CCCn1ncc(C(=O)O)c1C. The van der Waals surface area contributed by atoms with Crippen LogP contribution in [0.25, 0.3) is 0 Å². The number of aryl methyl sites for hydroxylation is 1. The number of nitrogens with zero attached hydrogens (tertiary/aromatic N) is 2. The number of carboxylic acid groups (broad SMARTS) is 1. The molecule has 0 aliphatic carbocycles. The van der Waals surface area contributed by atoms with Crippen LogP contribution in [0.5, 0.6) is 0 Å². The van der Waals surface area contributed by atoms with E-state index in [1.165, 1.54) is 6.20 Å². The molecule has 0 saturated carbocycles. The summed E-state index contributed by atoms with van der Waals surface area (Å²) in [5.41, 5.74) is 0.875. The number of rotatable bonds is 3. The summed E-state index contributed by atoms with van der Waals surface area (Å²) in [7, 11) is 0. The normalized spacial score (nSPS) is 9.54. The average Bonchev–Trinajstić information content (AvgIpc) is 2.43. The highest BCUT2D eigenvalue weighted by Crippen LogP contribution is 2.06. The molecule has 0 saturated heterocycles. The molecule has 1 aromatic heterocycles. The van der Waals surface area contributed by atoms with Crippen LogP contribution in [0, 0.1) is 19.3 Å². The van der Waals surface area contributed by atoms with Crippen molar-refractivity contribution in [3.05, 3.63) is 17.5 Å². The lowest BCUT2D eigenvalue weighted by Gasteiger charge is -2.00. The van der Waals surface area contributed by atoms with Crippen molar-refractivity contribution in [1.29, 1.82) is 0 Å². The van der Waals surface area contributed by atoms with E-state index in [1.807, 2.05) is 0 Å². The zero-order chi connectivity index (χ0) is 9.84. The van der Waals surface area contributed by atoms with E-state index < -0.39 is 5.97 Å². The highest BCUT2D eigenvalue weighted by molar-refractivity contribution is 5.88. The van der Waals surface area contributed by atoms with Gasteiger partial charge in [-0.15, -0.1) is 12.3 Å². The molecule has 0 aliphatic heterocycles. The summed E-state index contributed by atoms with van der Waals surface area (Å²) in [6.45, 7) is 2.28. The van der Waals surface area contributed by atoms with Crippen LogP contribution in [-0.4, -0.2) is 20.9 Å². The highest BCUT2D eigenvalue weighted by atomic mass is 16.4. The molecule has 1 rings (SSSR count). The minimum absolute atomic E-state index is 0.233. The van der Waals surface area contributed by atoms with E-state index in [2.05, 4.69) is 11.0 Å². The fourth-order valence-electron chi connectivity index (χ4n) is 1.05. The zero-order valence-corrected chi connectivity index (χ0v) is 7.32. The summed E-state index contributed by atoms with van der Waals surface area (Å²) in [6.07, 6.45) is 6.98. The maximum atomic E-state index is 10.6. The van der Waals surface area contributed by atoms with E-state index in [0.717, 1.165) is 0 Å². The molecule has 1 aromatic rings. The molecule has 0 atom stereocenters. The molecule has 1 N–H and O–H groups in total. The van der Waals surface area contributed by atoms with Crippen molar-refractivity contribution in [3.63, 3.8) is 0 Å². The van der Waals surface area contributed by atoms with Crippen molar-refractivity contribution in [3.8, 4) is 12.3 Å². The Kier molecular flexibility index (Phi) is 2.70. The Balaban J connectivity index is 2.88. The first-order valence-electron chi connectivity index (χ1n) is 3.86. The van der Waals surface area contributed by atoms with Crippen LogP contribution in [0.4, 0.5) is 0 Å². The molecule has 13 heavy (non-hydrogen) atoms. The van der Waals surface area contributed by atoms with Crippen molar-refractivity contribution in [2.24, 2.45) is 0 Å². The Morgan fingerprint density at radius 1 is 1.85 bits per heavy atom. The molecule has 4 heteroatoms. The van der Waals surface area contributed by atoms with Crippen LogP contribution in [0.15, 0.2) is 6.20 Å². The Morgan fingerprint density at radius 3 is 3.00 bits per heavy atom. The molecule has 4 nitrogen and oxygen atoms in total. The third-order valence-corrected chi connectivity index (χ3v) is 1.80. The molecule has 0 aliphatic rings. The fourth-order valence-corrected chi connectivity index (χ4v) is 1.05. The minimum atomic E-state index is -0.954. The van der Waals surface area contributed by atoms with Crippen LogP contribution in [0.1, 0.15) is 22.5 Å². The molecular weight excluding hydrogens is 168 g/mol. The Hall–Kier alpha value is -1.76. The monoisotopic (exact) mass is 178 g/mol. The van der Waals surface area contributed by atoms with Crippen molar-refractivity contribution in [2.45, 2.75) is 19.9 Å². The maximum Gasteiger partial charge on any atom is 0.339 e. The predicted octanol–water partition coefficient (Wildman–Crippen LogP) is 0.913. The van der Waals surface area contributed by atoms with E-state index in [0.29, 0.717) is 18.7 Å². The predicted molar refractivity (Wildman–Crippen MR) is 47.4 cm³/mol. The summed E-state index contributed by atoms with van der Waals surface area (Å²) in [5, 5.41) is 12.6. The lowest BCUT2D eigenvalue weighted by Crippen LogP contribution is -2.04. The summed E-state index contributed by atoms with van der Waals surface area (Å²) in [6, 6.07) is 0. The lowest BCUT2D eigenvalue weighted by atomic mass is 10.2. The van der Waals surface area contributed by atoms with Gasteiger partial charge in [0.2, 0.25) is 0 Å². The van der Waals surface area contributed by atoms with Gasteiger partial charge in [-0.2, -0.15) is 5.10 Å². The van der Waals surface area contributed by atoms with Crippen LogP contribution in [0.3, 0.4) is 0 Å². The third kappa shape index (κ3) is 1.88. The first-order valence-corrected chi connectivity index (χ1v) is 3.86. The van der Waals surface area contributed by atoms with Gasteiger partial charge in [-0.3, -0.25) is 4.68 Å². The van der Waals surface area contributed by atoms with E-state index in [4.69, 9.17) is 11.5 Å². The van der Waals surface area contributed by atoms with Gasteiger partial charge >= 0.3 is 5.97 Å². The number of aromatic carboxylic acids is 1. The topological polar surface area (TPSA) is 55.1 Å². The lowest BCUT2D eigenvalue weighted by molar-refractivity contribution is 0.0696. The van der Waals surface area contributed by atoms with Gasteiger partial charge in [-0.05, 0) is 6.92 Å². The quantitative estimate of drug-likeness (QED) is 0.700.